The lowest BCUT2D eigenvalue weighted by atomic mass is 10.0. The van der Waals surface area contributed by atoms with Gasteiger partial charge >= 0.3 is 0 Å². The van der Waals surface area contributed by atoms with Gasteiger partial charge in [0.25, 0.3) is 0 Å². The molecule has 0 N–H and O–H groups in total. The molecule has 0 spiro atoms. The van der Waals surface area contributed by atoms with Gasteiger partial charge in [-0.25, -0.2) is 4.98 Å². The Bertz CT molecular complexity index is 1340. The highest BCUT2D eigenvalue weighted by Gasteiger charge is 2.16. The summed E-state index contributed by atoms with van der Waals surface area (Å²) in [5, 5.41) is 2.16. The van der Waals surface area contributed by atoms with E-state index in [0.717, 1.165) is 56.6 Å². The largest absolute Gasteiger partial charge is 0.488 e. The first-order chi connectivity index (χ1) is 14.7. The lowest BCUT2D eigenvalue weighted by Gasteiger charge is -2.12. The summed E-state index contributed by atoms with van der Waals surface area (Å²) in [7, 11) is 0. The highest BCUT2D eigenvalue weighted by atomic mass is 16.5. The molecule has 0 amide bonds. The average Bonchev–Trinajstić information content (AvgIpc) is 3.14. The third-order valence-corrected chi connectivity index (χ3v) is 5.60. The third-order valence-electron chi connectivity index (χ3n) is 5.60. The monoisotopic (exact) mass is 393 g/mol. The van der Waals surface area contributed by atoms with Crippen molar-refractivity contribution in [3.8, 4) is 17.2 Å². The van der Waals surface area contributed by atoms with Crippen LogP contribution < -0.4 is 4.74 Å². The van der Waals surface area contributed by atoms with Crippen molar-refractivity contribution in [2.45, 2.75) is 26.9 Å². The van der Waals surface area contributed by atoms with E-state index in [9.17, 15) is 0 Å². The average molecular weight is 393 g/mol. The van der Waals surface area contributed by atoms with Gasteiger partial charge in [0, 0.05) is 16.3 Å². The maximum atomic E-state index is 6.16. The standard InChI is InChI=1S/C27H23NO2/c1-3-20-13-16-24(29-17-19-9-5-4-6-10-19)22-14-15-23(28-26(20)22)27-18(2)21-11-7-8-12-25(21)30-27/h4-16H,3,17H2,1-2H3. The number of hydrogen-bond donors (Lipinski definition) is 0. The van der Waals surface area contributed by atoms with Crippen molar-refractivity contribution in [2.24, 2.45) is 0 Å². The maximum absolute atomic E-state index is 6.16. The van der Waals surface area contributed by atoms with Crippen LogP contribution in [0.3, 0.4) is 0 Å². The molecule has 0 saturated heterocycles. The van der Waals surface area contributed by atoms with E-state index >= 15 is 0 Å². The summed E-state index contributed by atoms with van der Waals surface area (Å²) >= 11 is 0. The van der Waals surface area contributed by atoms with E-state index in [1.165, 1.54) is 5.56 Å². The highest BCUT2D eigenvalue weighted by Crippen LogP contribution is 2.35. The fourth-order valence-corrected chi connectivity index (χ4v) is 3.94. The van der Waals surface area contributed by atoms with Crippen molar-refractivity contribution in [1.29, 1.82) is 0 Å². The lowest BCUT2D eigenvalue weighted by Crippen LogP contribution is -1.98. The predicted octanol–water partition coefficient (Wildman–Crippen LogP) is 7.10. The molecule has 148 valence electrons. The molecule has 2 aromatic heterocycles. The molecule has 0 saturated carbocycles. The minimum Gasteiger partial charge on any atom is -0.488 e. The van der Waals surface area contributed by atoms with Crippen molar-refractivity contribution in [3.05, 3.63) is 95.6 Å². The zero-order valence-electron chi connectivity index (χ0n) is 17.2. The minimum atomic E-state index is 0.534. The molecule has 2 heterocycles. The second-order valence-corrected chi connectivity index (χ2v) is 7.50. The molecule has 30 heavy (non-hydrogen) atoms. The van der Waals surface area contributed by atoms with E-state index in [0.29, 0.717) is 6.61 Å². The Morgan fingerprint density at radius 3 is 2.43 bits per heavy atom. The van der Waals surface area contributed by atoms with Crippen molar-refractivity contribution in [3.63, 3.8) is 0 Å². The molecular weight excluding hydrogens is 370 g/mol. The molecule has 3 heteroatoms. The molecule has 5 aromatic rings. The Labute approximate surface area is 175 Å². The van der Waals surface area contributed by atoms with Crippen LogP contribution in [-0.2, 0) is 13.0 Å². The molecule has 0 fully saturated rings. The Morgan fingerprint density at radius 1 is 0.833 bits per heavy atom. The zero-order valence-corrected chi connectivity index (χ0v) is 17.2. The van der Waals surface area contributed by atoms with Crippen LogP contribution >= 0.6 is 0 Å². The third kappa shape index (κ3) is 3.22. The molecule has 0 atom stereocenters. The van der Waals surface area contributed by atoms with Gasteiger partial charge in [0.2, 0.25) is 0 Å². The van der Waals surface area contributed by atoms with E-state index in [2.05, 4.69) is 50.2 Å². The van der Waals surface area contributed by atoms with Gasteiger partial charge in [-0.15, -0.1) is 0 Å². The van der Waals surface area contributed by atoms with Crippen LogP contribution in [0.5, 0.6) is 5.75 Å². The van der Waals surface area contributed by atoms with Gasteiger partial charge < -0.3 is 9.15 Å². The first-order valence-corrected chi connectivity index (χ1v) is 10.3. The number of pyridine rings is 1. The number of benzene rings is 3. The molecule has 3 aromatic carbocycles. The number of hydrogen-bond acceptors (Lipinski definition) is 3. The van der Waals surface area contributed by atoms with Gasteiger partial charge in [0.05, 0.1) is 5.52 Å². The molecule has 5 rings (SSSR count). The number of aryl methyl sites for hydroxylation is 2. The van der Waals surface area contributed by atoms with Crippen LogP contribution in [0.4, 0.5) is 0 Å². The van der Waals surface area contributed by atoms with Crippen molar-refractivity contribution in [2.75, 3.05) is 0 Å². The Hall–Kier alpha value is -3.59. The first-order valence-electron chi connectivity index (χ1n) is 10.3. The molecule has 0 unspecified atom stereocenters. The highest BCUT2D eigenvalue weighted by molar-refractivity contribution is 5.91. The lowest BCUT2D eigenvalue weighted by molar-refractivity contribution is 0.310. The number of nitrogens with zero attached hydrogens (tertiary/aromatic N) is 1. The van der Waals surface area contributed by atoms with E-state index in [1.54, 1.807) is 0 Å². The Kier molecular flexibility index (Phi) is 4.72. The van der Waals surface area contributed by atoms with Gasteiger partial charge in [0.1, 0.15) is 23.6 Å². The quantitative estimate of drug-likeness (QED) is 0.319. The first kappa shape index (κ1) is 18.4. The number of ether oxygens (including phenoxy) is 1. The maximum Gasteiger partial charge on any atom is 0.156 e. The molecular formula is C27H23NO2. The van der Waals surface area contributed by atoms with Crippen molar-refractivity contribution >= 4 is 21.9 Å². The summed E-state index contributed by atoms with van der Waals surface area (Å²) in [5.74, 6) is 1.68. The van der Waals surface area contributed by atoms with Crippen molar-refractivity contribution in [1.82, 2.24) is 4.98 Å². The van der Waals surface area contributed by atoms with Gasteiger partial charge in [0.15, 0.2) is 5.76 Å². The molecule has 0 aliphatic carbocycles. The topological polar surface area (TPSA) is 35.3 Å². The summed E-state index contributed by atoms with van der Waals surface area (Å²) in [6.07, 6.45) is 0.908. The van der Waals surface area contributed by atoms with Crippen LogP contribution in [0.1, 0.15) is 23.6 Å². The van der Waals surface area contributed by atoms with Crippen LogP contribution in [0.15, 0.2) is 83.3 Å². The van der Waals surface area contributed by atoms with Crippen LogP contribution in [-0.4, -0.2) is 4.98 Å². The number of aromatic nitrogens is 1. The second-order valence-electron chi connectivity index (χ2n) is 7.50. The summed E-state index contributed by atoms with van der Waals surface area (Å²) in [6, 6.07) is 26.6. The van der Waals surface area contributed by atoms with E-state index in [-0.39, 0.29) is 0 Å². The normalized spacial score (nSPS) is 11.3. The van der Waals surface area contributed by atoms with Crippen LogP contribution in [0.25, 0.3) is 33.3 Å². The molecule has 0 bridgehead atoms. The molecule has 0 radical (unpaired) electrons. The smallest absolute Gasteiger partial charge is 0.156 e. The second kappa shape index (κ2) is 7.68. The van der Waals surface area contributed by atoms with Crippen LogP contribution in [0.2, 0.25) is 0 Å². The number of furan rings is 1. The minimum absolute atomic E-state index is 0.534. The molecule has 3 nitrogen and oxygen atoms in total. The number of rotatable bonds is 5. The number of para-hydroxylation sites is 1. The van der Waals surface area contributed by atoms with Gasteiger partial charge in [-0.1, -0.05) is 61.5 Å². The van der Waals surface area contributed by atoms with E-state index in [4.69, 9.17) is 14.1 Å². The van der Waals surface area contributed by atoms with Crippen molar-refractivity contribution < 1.29 is 9.15 Å². The Morgan fingerprint density at radius 2 is 1.63 bits per heavy atom. The summed E-state index contributed by atoms with van der Waals surface area (Å²) in [4.78, 5) is 5.01. The number of fused-ring (bicyclic) bond motifs is 2. The van der Waals surface area contributed by atoms with E-state index < -0.39 is 0 Å². The molecule has 0 aliphatic heterocycles. The fraction of sp³-hybridized carbons (Fsp3) is 0.148. The van der Waals surface area contributed by atoms with Gasteiger partial charge in [-0.3, -0.25) is 0 Å². The summed E-state index contributed by atoms with van der Waals surface area (Å²) in [6.45, 7) is 4.78. The predicted molar refractivity (Wildman–Crippen MR) is 122 cm³/mol. The van der Waals surface area contributed by atoms with Gasteiger partial charge in [-0.05, 0) is 48.7 Å². The van der Waals surface area contributed by atoms with Crippen LogP contribution in [0, 0.1) is 6.92 Å². The summed E-state index contributed by atoms with van der Waals surface area (Å²) in [5.41, 5.74) is 6.18. The SMILES string of the molecule is CCc1ccc(OCc2ccccc2)c2ccc(-c3oc4ccccc4c3C)nc12. The summed E-state index contributed by atoms with van der Waals surface area (Å²) < 4.78 is 12.3. The molecule has 0 aliphatic rings. The van der Waals surface area contributed by atoms with Gasteiger partial charge in [-0.2, -0.15) is 0 Å². The zero-order chi connectivity index (χ0) is 20.5. The Balaban J connectivity index is 1.58. The van der Waals surface area contributed by atoms with E-state index in [1.807, 2.05) is 42.5 Å². The fourth-order valence-electron chi connectivity index (χ4n) is 3.94.